The van der Waals surface area contributed by atoms with E-state index in [0.717, 1.165) is 18.7 Å². The van der Waals surface area contributed by atoms with E-state index in [0.29, 0.717) is 31.1 Å². The molecule has 1 fully saturated rings. The van der Waals surface area contributed by atoms with Crippen molar-refractivity contribution in [2.45, 2.75) is 6.04 Å². The number of nitrogens with zero attached hydrogens (tertiary/aromatic N) is 4. The van der Waals surface area contributed by atoms with Crippen molar-refractivity contribution in [2.24, 2.45) is 0 Å². The van der Waals surface area contributed by atoms with Gasteiger partial charge in [0.1, 0.15) is 18.0 Å². The Balaban J connectivity index is 1.44. The van der Waals surface area contributed by atoms with E-state index in [-0.39, 0.29) is 17.8 Å². The van der Waals surface area contributed by atoms with Crippen molar-refractivity contribution in [2.75, 3.05) is 32.8 Å². The van der Waals surface area contributed by atoms with Crippen LogP contribution in [0.4, 0.5) is 4.39 Å². The SMILES string of the molecule is O=C(NCC(c1ccc(F)cc1)N1CCOCC1)c1ccc(-n2ccnc2)nc1. The van der Waals surface area contributed by atoms with Crippen molar-refractivity contribution in [1.82, 2.24) is 24.8 Å². The van der Waals surface area contributed by atoms with Gasteiger partial charge in [-0.1, -0.05) is 12.1 Å². The summed E-state index contributed by atoms with van der Waals surface area (Å²) in [5.74, 6) is 0.217. The van der Waals surface area contributed by atoms with Crippen LogP contribution in [-0.4, -0.2) is 58.2 Å². The molecule has 1 amide bonds. The van der Waals surface area contributed by atoms with Crippen LogP contribution in [0, 0.1) is 5.82 Å². The quantitative estimate of drug-likeness (QED) is 0.693. The molecule has 0 bridgehead atoms. The molecule has 0 spiro atoms. The predicted molar refractivity (Wildman–Crippen MR) is 105 cm³/mol. The molecule has 8 heteroatoms. The Labute approximate surface area is 168 Å². The fourth-order valence-corrected chi connectivity index (χ4v) is 3.39. The van der Waals surface area contributed by atoms with Crippen LogP contribution >= 0.6 is 0 Å². The number of amides is 1. The Morgan fingerprint density at radius 1 is 1.17 bits per heavy atom. The number of ether oxygens (including phenoxy) is 1. The van der Waals surface area contributed by atoms with Gasteiger partial charge in [0.2, 0.25) is 0 Å². The first-order chi connectivity index (χ1) is 14.2. The molecule has 1 N–H and O–H groups in total. The molecule has 7 nitrogen and oxygen atoms in total. The van der Waals surface area contributed by atoms with Gasteiger partial charge in [0.15, 0.2) is 0 Å². The van der Waals surface area contributed by atoms with E-state index in [1.807, 2.05) is 0 Å². The third-order valence-electron chi connectivity index (χ3n) is 4.98. The van der Waals surface area contributed by atoms with Gasteiger partial charge >= 0.3 is 0 Å². The van der Waals surface area contributed by atoms with Gasteiger partial charge in [-0.15, -0.1) is 0 Å². The van der Waals surface area contributed by atoms with E-state index in [1.165, 1.54) is 12.1 Å². The average molecular weight is 395 g/mol. The Bertz CT molecular complexity index is 923. The molecule has 3 heterocycles. The van der Waals surface area contributed by atoms with Crippen LogP contribution in [0.1, 0.15) is 22.0 Å². The molecule has 1 aromatic carbocycles. The summed E-state index contributed by atoms with van der Waals surface area (Å²) in [7, 11) is 0. The zero-order valence-corrected chi connectivity index (χ0v) is 15.9. The molecule has 0 saturated carbocycles. The van der Waals surface area contributed by atoms with E-state index < -0.39 is 0 Å². The van der Waals surface area contributed by atoms with E-state index in [4.69, 9.17) is 4.74 Å². The number of carbonyl (C=O) groups excluding carboxylic acids is 1. The number of pyridine rings is 1. The molecule has 150 valence electrons. The molecular weight excluding hydrogens is 373 g/mol. The summed E-state index contributed by atoms with van der Waals surface area (Å²) in [5.41, 5.74) is 1.44. The van der Waals surface area contributed by atoms with Gasteiger partial charge in [0.05, 0.1) is 24.8 Å². The minimum atomic E-state index is -0.275. The highest BCUT2D eigenvalue weighted by molar-refractivity contribution is 5.93. The van der Waals surface area contributed by atoms with Crippen molar-refractivity contribution in [1.29, 1.82) is 0 Å². The first-order valence-electron chi connectivity index (χ1n) is 9.50. The van der Waals surface area contributed by atoms with Crippen molar-refractivity contribution >= 4 is 5.91 Å². The molecule has 1 aliphatic heterocycles. The molecule has 29 heavy (non-hydrogen) atoms. The largest absolute Gasteiger partial charge is 0.379 e. The molecular formula is C21H22FN5O2. The number of hydrogen-bond acceptors (Lipinski definition) is 5. The zero-order valence-electron chi connectivity index (χ0n) is 15.9. The van der Waals surface area contributed by atoms with Gasteiger partial charge in [0, 0.05) is 38.2 Å². The minimum Gasteiger partial charge on any atom is -0.379 e. The molecule has 0 aliphatic carbocycles. The summed E-state index contributed by atoms with van der Waals surface area (Å²) in [4.78, 5) is 23.2. The molecule has 4 rings (SSSR count). The number of morpholine rings is 1. The highest BCUT2D eigenvalue weighted by Crippen LogP contribution is 2.22. The maximum Gasteiger partial charge on any atom is 0.252 e. The number of hydrogen-bond donors (Lipinski definition) is 1. The number of nitrogens with one attached hydrogen (secondary N) is 1. The smallest absolute Gasteiger partial charge is 0.252 e. The van der Waals surface area contributed by atoms with E-state index in [1.54, 1.807) is 53.8 Å². The average Bonchev–Trinajstić information content (AvgIpc) is 3.31. The van der Waals surface area contributed by atoms with Crippen LogP contribution < -0.4 is 5.32 Å². The number of halogens is 1. The summed E-state index contributed by atoms with van der Waals surface area (Å²) in [6.45, 7) is 3.22. The fourth-order valence-electron chi connectivity index (χ4n) is 3.39. The van der Waals surface area contributed by atoms with E-state index >= 15 is 0 Å². The van der Waals surface area contributed by atoms with Gasteiger partial charge in [0.25, 0.3) is 5.91 Å². The maximum absolute atomic E-state index is 13.3. The van der Waals surface area contributed by atoms with Crippen molar-refractivity contribution in [3.8, 4) is 5.82 Å². The van der Waals surface area contributed by atoms with Crippen molar-refractivity contribution in [3.63, 3.8) is 0 Å². The fraction of sp³-hybridized carbons (Fsp3) is 0.286. The number of aromatic nitrogens is 3. The van der Waals surface area contributed by atoms with Crippen LogP contribution in [-0.2, 0) is 4.74 Å². The summed E-state index contributed by atoms with van der Waals surface area (Å²) < 4.78 is 20.6. The minimum absolute atomic E-state index is 0.0540. The lowest BCUT2D eigenvalue weighted by Crippen LogP contribution is -2.43. The Hall–Kier alpha value is -3.10. The van der Waals surface area contributed by atoms with Gasteiger partial charge < -0.3 is 10.1 Å². The second-order valence-electron chi connectivity index (χ2n) is 6.80. The molecule has 2 aromatic heterocycles. The second-order valence-corrected chi connectivity index (χ2v) is 6.80. The predicted octanol–water partition coefficient (Wildman–Crippen LogP) is 2.21. The monoisotopic (exact) mass is 395 g/mol. The van der Waals surface area contributed by atoms with Crippen LogP contribution in [0.2, 0.25) is 0 Å². The molecule has 1 atom stereocenters. The van der Waals surface area contributed by atoms with Gasteiger partial charge in [-0.25, -0.2) is 14.4 Å². The van der Waals surface area contributed by atoms with Crippen LogP contribution in [0.25, 0.3) is 5.82 Å². The topological polar surface area (TPSA) is 72.3 Å². The van der Waals surface area contributed by atoms with Crippen molar-refractivity contribution < 1.29 is 13.9 Å². The lowest BCUT2D eigenvalue weighted by Gasteiger charge is -2.35. The molecule has 0 radical (unpaired) electrons. The zero-order chi connectivity index (χ0) is 20.1. The number of imidazole rings is 1. The lowest BCUT2D eigenvalue weighted by atomic mass is 10.0. The standard InChI is InChI=1S/C21H22FN5O2/c22-18-4-1-16(2-5-18)19(26-9-11-29-12-10-26)14-25-21(28)17-3-6-20(24-13-17)27-8-7-23-15-27/h1-8,13,15,19H,9-12,14H2,(H,25,28). The first kappa shape index (κ1) is 19.2. The normalized spacial score (nSPS) is 15.8. The Kier molecular flexibility index (Phi) is 5.92. The summed E-state index contributed by atoms with van der Waals surface area (Å²) in [6.07, 6.45) is 6.66. The first-order valence-corrected chi connectivity index (χ1v) is 9.50. The van der Waals surface area contributed by atoms with Crippen LogP contribution in [0.5, 0.6) is 0 Å². The summed E-state index contributed by atoms with van der Waals surface area (Å²) >= 11 is 0. The molecule has 1 unspecified atom stereocenters. The van der Waals surface area contributed by atoms with E-state index in [2.05, 4.69) is 20.2 Å². The number of carbonyl (C=O) groups is 1. The lowest BCUT2D eigenvalue weighted by molar-refractivity contribution is 0.0162. The Morgan fingerprint density at radius 2 is 1.97 bits per heavy atom. The molecule has 3 aromatic rings. The maximum atomic E-state index is 13.3. The van der Waals surface area contributed by atoms with Gasteiger partial charge in [-0.3, -0.25) is 14.3 Å². The third-order valence-corrected chi connectivity index (χ3v) is 4.98. The highest BCUT2D eigenvalue weighted by atomic mass is 19.1. The third kappa shape index (κ3) is 4.67. The number of rotatable bonds is 6. The van der Waals surface area contributed by atoms with Crippen molar-refractivity contribution in [3.05, 3.63) is 78.3 Å². The van der Waals surface area contributed by atoms with Crippen LogP contribution in [0.15, 0.2) is 61.3 Å². The Morgan fingerprint density at radius 3 is 2.62 bits per heavy atom. The summed E-state index contributed by atoms with van der Waals surface area (Å²) in [6, 6.07) is 9.88. The molecule has 1 saturated heterocycles. The number of benzene rings is 1. The van der Waals surface area contributed by atoms with E-state index in [9.17, 15) is 9.18 Å². The highest BCUT2D eigenvalue weighted by Gasteiger charge is 2.23. The second kappa shape index (κ2) is 8.93. The van der Waals surface area contributed by atoms with Crippen LogP contribution in [0.3, 0.4) is 0 Å². The summed E-state index contributed by atoms with van der Waals surface area (Å²) in [5, 5.41) is 2.99. The molecule has 1 aliphatic rings. The van der Waals surface area contributed by atoms with Gasteiger partial charge in [-0.2, -0.15) is 0 Å². The van der Waals surface area contributed by atoms with Gasteiger partial charge in [-0.05, 0) is 29.8 Å².